The fourth-order valence-electron chi connectivity index (χ4n) is 1.92. The van der Waals surface area contributed by atoms with E-state index >= 15 is 0 Å². The molecule has 1 aromatic carbocycles. The van der Waals surface area contributed by atoms with Crippen molar-refractivity contribution in [3.8, 4) is 0 Å². The van der Waals surface area contributed by atoms with E-state index < -0.39 is 4.92 Å². The summed E-state index contributed by atoms with van der Waals surface area (Å²) in [4.78, 5) is 22.1. The van der Waals surface area contributed by atoms with Crippen LogP contribution in [0.1, 0.15) is 16.1 Å². The molecule has 1 amide bonds. The number of hydrogen-bond donors (Lipinski definition) is 2. The SMILES string of the molecule is CNC(=O)c1ccc(NCCc2ccc(Br)o2)c([N+](=O)[O-])c1. The number of amides is 1. The van der Waals surface area contributed by atoms with Crippen molar-refractivity contribution in [2.75, 3.05) is 18.9 Å². The molecule has 0 bridgehead atoms. The number of nitrogens with zero attached hydrogens (tertiary/aromatic N) is 1. The Bertz CT molecular complexity index is 699. The van der Waals surface area contributed by atoms with Crippen molar-refractivity contribution in [1.29, 1.82) is 0 Å². The third-order valence-corrected chi connectivity index (χ3v) is 3.43. The van der Waals surface area contributed by atoms with Crippen molar-refractivity contribution in [3.63, 3.8) is 0 Å². The van der Waals surface area contributed by atoms with Gasteiger partial charge in [-0.3, -0.25) is 14.9 Å². The maximum atomic E-state index is 11.5. The number of hydrogen-bond acceptors (Lipinski definition) is 5. The van der Waals surface area contributed by atoms with Crippen LogP contribution in [-0.4, -0.2) is 24.4 Å². The van der Waals surface area contributed by atoms with Gasteiger partial charge in [0, 0.05) is 31.6 Å². The van der Waals surface area contributed by atoms with Crippen LogP contribution in [0.3, 0.4) is 0 Å². The molecule has 2 rings (SSSR count). The van der Waals surface area contributed by atoms with E-state index in [1.54, 1.807) is 6.07 Å². The van der Waals surface area contributed by atoms with Gasteiger partial charge in [-0.1, -0.05) is 0 Å². The Hall–Kier alpha value is -2.35. The zero-order valence-corrected chi connectivity index (χ0v) is 13.3. The molecule has 0 radical (unpaired) electrons. The summed E-state index contributed by atoms with van der Waals surface area (Å²) in [6.45, 7) is 0.472. The van der Waals surface area contributed by atoms with E-state index in [0.29, 0.717) is 23.3 Å². The summed E-state index contributed by atoms with van der Waals surface area (Å²) in [6, 6.07) is 7.94. The molecule has 0 aliphatic carbocycles. The molecule has 0 aliphatic rings. The number of nitro benzene ring substituents is 1. The summed E-state index contributed by atoms with van der Waals surface area (Å²) in [7, 11) is 1.47. The Morgan fingerprint density at radius 3 is 2.73 bits per heavy atom. The molecule has 1 aromatic heterocycles. The van der Waals surface area contributed by atoms with Gasteiger partial charge in [-0.15, -0.1) is 0 Å². The fraction of sp³-hybridized carbons (Fsp3) is 0.214. The molecule has 0 atom stereocenters. The van der Waals surface area contributed by atoms with Crippen molar-refractivity contribution in [1.82, 2.24) is 5.32 Å². The largest absolute Gasteiger partial charge is 0.454 e. The molecule has 1 heterocycles. The molecule has 2 aromatic rings. The van der Waals surface area contributed by atoms with Gasteiger partial charge in [0.1, 0.15) is 11.4 Å². The Labute approximate surface area is 135 Å². The minimum absolute atomic E-state index is 0.137. The second-order valence-electron chi connectivity index (χ2n) is 4.45. The normalized spacial score (nSPS) is 10.3. The summed E-state index contributed by atoms with van der Waals surface area (Å²) in [5.74, 6) is 0.402. The lowest BCUT2D eigenvalue weighted by Gasteiger charge is -2.07. The van der Waals surface area contributed by atoms with Crippen molar-refractivity contribution in [2.24, 2.45) is 0 Å². The van der Waals surface area contributed by atoms with Crippen LogP contribution in [0.2, 0.25) is 0 Å². The molecular weight excluding hydrogens is 354 g/mol. The van der Waals surface area contributed by atoms with Crippen LogP contribution < -0.4 is 10.6 Å². The minimum Gasteiger partial charge on any atom is -0.454 e. The van der Waals surface area contributed by atoms with Crippen LogP contribution in [0.5, 0.6) is 0 Å². The van der Waals surface area contributed by atoms with Crippen LogP contribution in [0.4, 0.5) is 11.4 Å². The molecule has 22 heavy (non-hydrogen) atoms. The van der Waals surface area contributed by atoms with E-state index in [-0.39, 0.29) is 17.2 Å². The second kappa shape index (κ2) is 7.08. The first kappa shape index (κ1) is 16.0. The van der Waals surface area contributed by atoms with E-state index in [9.17, 15) is 14.9 Å². The number of carbonyl (C=O) groups excluding carboxylic acids is 1. The highest BCUT2D eigenvalue weighted by atomic mass is 79.9. The first-order chi connectivity index (χ1) is 10.5. The third-order valence-electron chi connectivity index (χ3n) is 3.00. The van der Waals surface area contributed by atoms with Gasteiger partial charge in [0.25, 0.3) is 11.6 Å². The predicted octanol–water partition coefficient (Wildman–Crippen LogP) is 2.96. The maximum absolute atomic E-state index is 11.5. The van der Waals surface area contributed by atoms with Crippen LogP contribution in [-0.2, 0) is 6.42 Å². The van der Waals surface area contributed by atoms with E-state index in [2.05, 4.69) is 26.6 Å². The number of carbonyl (C=O) groups is 1. The zero-order valence-electron chi connectivity index (χ0n) is 11.8. The van der Waals surface area contributed by atoms with Gasteiger partial charge in [0.15, 0.2) is 4.67 Å². The molecule has 0 fully saturated rings. The topological polar surface area (TPSA) is 97.4 Å². The minimum atomic E-state index is -0.516. The summed E-state index contributed by atoms with van der Waals surface area (Å²) in [5.41, 5.74) is 0.472. The molecule has 0 saturated carbocycles. The summed E-state index contributed by atoms with van der Waals surface area (Å²) < 4.78 is 6.00. The second-order valence-corrected chi connectivity index (χ2v) is 5.23. The Kier molecular flexibility index (Phi) is 5.16. The number of rotatable bonds is 6. The van der Waals surface area contributed by atoms with Crippen LogP contribution in [0.25, 0.3) is 0 Å². The number of nitro groups is 1. The molecule has 0 saturated heterocycles. The highest BCUT2D eigenvalue weighted by Crippen LogP contribution is 2.25. The average Bonchev–Trinajstić information content (AvgIpc) is 2.92. The number of benzene rings is 1. The molecule has 8 heteroatoms. The molecule has 7 nitrogen and oxygen atoms in total. The Morgan fingerprint density at radius 2 is 2.14 bits per heavy atom. The monoisotopic (exact) mass is 367 g/mol. The number of anilines is 1. The van der Waals surface area contributed by atoms with E-state index in [1.807, 2.05) is 6.07 Å². The average molecular weight is 368 g/mol. The van der Waals surface area contributed by atoms with Gasteiger partial charge in [0.05, 0.1) is 4.92 Å². The smallest absolute Gasteiger partial charge is 0.293 e. The number of furan rings is 1. The lowest BCUT2D eigenvalue weighted by atomic mass is 10.1. The molecule has 2 N–H and O–H groups in total. The van der Waals surface area contributed by atoms with Crippen molar-refractivity contribution in [3.05, 3.63) is 56.4 Å². The lowest BCUT2D eigenvalue weighted by Crippen LogP contribution is -2.18. The van der Waals surface area contributed by atoms with Gasteiger partial charge < -0.3 is 15.1 Å². The molecule has 0 unspecified atom stereocenters. The predicted molar refractivity (Wildman–Crippen MR) is 85.1 cm³/mol. The van der Waals surface area contributed by atoms with Crippen LogP contribution >= 0.6 is 15.9 Å². The number of nitrogens with one attached hydrogen (secondary N) is 2. The molecule has 116 valence electrons. The maximum Gasteiger partial charge on any atom is 0.293 e. The zero-order chi connectivity index (χ0) is 16.1. The van der Waals surface area contributed by atoms with Gasteiger partial charge in [-0.05, 0) is 40.2 Å². The Balaban J connectivity index is 2.09. The van der Waals surface area contributed by atoms with Crippen LogP contribution in [0, 0.1) is 10.1 Å². The van der Waals surface area contributed by atoms with E-state index in [1.165, 1.54) is 25.2 Å². The Morgan fingerprint density at radius 1 is 1.36 bits per heavy atom. The first-order valence-corrected chi connectivity index (χ1v) is 7.29. The van der Waals surface area contributed by atoms with Crippen molar-refractivity contribution < 1.29 is 14.1 Å². The quantitative estimate of drug-likeness (QED) is 0.604. The first-order valence-electron chi connectivity index (χ1n) is 6.50. The highest BCUT2D eigenvalue weighted by Gasteiger charge is 2.17. The molecule has 0 spiro atoms. The summed E-state index contributed by atoms with van der Waals surface area (Å²) in [5, 5.41) is 16.6. The lowest BCUT2D eigenvalue weighted by molar-refractivity contribution is -0.384. The van der Waals surface area contributed by atoms with Gasteiger partial charge >= 0.3 is 0 Å². The number of halogens is 1. The van der Waals surface area contributed by atoms with E-state index in [0.717, 1.165) is 5.76 Å². The van der Waals surface area contributed by atoms with Crippen LogP contribution in [0.15, 0.2) is 39.4 Å². The summed E-state index contributed by atoms with van der Waals surface area (Å²) >= 11 is 3.21. The molecule has 0 aliphatic heterocycles. The van der Waals surface area contributed by atoms with Crippen molar-refractivity contribution in [2.45, 2.75) is 6.42 Å². The highest BCUT2D eigenvalue weighted by molar-refractivity contribution is 9.10. The van der Waals surface area contributed by atoms with Gasteiger partial charge in [-0.25, -0.2) is 0 Å². The van der Waals surface area contributed by atoms with Crippen molar-refractivity contribution >= 4 is 33.2 Å². The van der Waals surface area contributed by atoms with Gasteiger partial charge in [0.2, 0.25) is 0 Å². The summed E-state index contributed by atoms with van der Waals surface area (Å²) in [6.07, 6.45) is 0.583. The van der Waals surface area contributed by atoms with Gasteiger partial charge in [-0.2, -0.15) is 0 Å². The third kappa shape index (κ3) is 3.85. The fourth-order valence-corrected chi connectivity index (χ4v) is 2.26. The molecular formula is C14H14BrN3O4. The standard InChI is InChI=1S/C14H14BrN3O4/c1-16-14(19)9-2-4-11(12(8-9)18(20)21)17-7-6-10-3-5-13(15)22-10/h2-5,8,17H,6-7H2,1H3,(H,16,19). The van der Waals surface area contributed by atoms with E-state index in [4.69, 9.17) is 4.42 Å².